The zero-order chi connectivity index (χ0) is 14.5. The van der Waals surface area contributed by atoms with E-state index >= 15 is 0 Å². The average Bonchev–Trinajstić information content (AvgIpc) is 2.47. The highest BCUT2D eigenvalue weighted by atomic mass is 35.5. The molecule has 2 aromatic carbocycles. The molecule has 1 nitrogen and oxygen atoms in total. The van der Waals surface area contributed by atoms with Crippen LogP contribution in [0.3, 0.4) is 0 Å². The SMILES string of the molecule is CCNC(CC)c1cccc(-c2cccc(Cl)c2Cl)c1. The second-order valence-electron chi connectivity index (χ2n) is 4.75. The van der Waals surface area contributed by atoms with E-state index in [4.69, 9.17) is 23.2 Å². The molecule has 1 unspecified atom stereocenters. The third kappa shape index (κ3) is 3.35. The number of rotatable bonds is 5. The topological polar surface area (TPSA) is 12.0 Å². The van der Waals surface area contributed by atoms with Gasteiger partial charge in [0.05, 0.1) is 10.0 Å². The zero-order valence-electron chi connectivity index (χ0n) is 11.8. The Hall–Kier alpha value is -1.02. The van der Waals surface area contributed by atoms with E-state index in [1.165, 1.54) is 5.56 Å². The first kappa shape index (κ1) is 15.4. The molecule has 3 heteroatoms. The molecule has 0 heterocycles. The molecule has 2 aromatic rings. The maximum absolute atomic E-state index is 6.31. The van der Waals surface area contributed by atoms with Crippen LogP contribution in [0, 0.1) is 0 Å². The lowest BCUT2D eigenvalue weighted by molar-refractivity contribution is 0.537. The Morgan fingerprint density at radius 2 is 1.80 bits per heavy atom. The van der Waals surface area contributed by atoms with Crippen LogP contribution in [0.4, 0.5) is 0 Å². The minimum atomic E-state index is 0.373. The molecule has 0 aliphatic heterocycles. The standard InChI is InChI=1S/C17H19Cl2N/c1-3-16(20-4-2)13-8-5-7-12(11-13)14-9-6-10-15(18)17(14)19/h5-11,16,20H,3-4H2,1-2H3. The van der Waals surface area contributed by atoms with Crippen LogP contribution >= 0.6 is 23.2 Å². The normalized spacial score (nSPS) is 12.4. The fourth-order valence-corrected chi connectivity index (χ4v) is 2.80. The maximum atomic E-state index is 6.31. The summed E-state index contributed by atoms with van der Waals surface area (Å²) >= 11 is 12.4. The van der Waals surface area contributed by atoms with E-state index in [0.29, 0.717) is 16.1 Å². The molecule has 0 saturated heterocycles. The summed E-state index contributed by atoms with van der Waals surface area (Å²) in [7, 11) is 0. The molecule has 0 aliphatic rings. The molecular weight excluding hydrogens is 289 g/mol. The van der Waals surface area contributed by atoms with E-state index in [9.17, 15) is 0 Å². The highest BCUT2D eigenvalue weighted by Gasteiger charge is 2.11. The van der Waals surface area contributed by atoms with E-state index in [-0.39, 0.29) is 0 Å². The summed E-state index contributed by atoms with van der Waals surface area (Å²) in [5, 5.41) is 4.70. The Morgan fingerprint density at radius 3 is 2.50 bits per heavy atom. The monoisotopic (exact) mass is 307 g/mol. The number of benzene rings is 2. The Kier molecular flexibility index (Phi) is 5.47. The van der Waals surface area contributed by atoms with Crippen molar-refractivity contribution in [1.29, 1.82) is 0 Å². The van der Waals surface area contributed by atoms with E-state index < -0.39 is 0 Å². The summed E-state index contributed by atoms with van der Waals surface area (Å²) in [6, 6.07) is 14.6. The van der Waals surface area contributed by atoms with Gasteiger partial charge in [0.15, 0.2) is 0 Å². The van der Waals surface area contributed by atoms with Crippen molar-refractivity contribution in [2.75, 3.05) is 6.54 Å². The molecule has 0 amide bonds. The lowest BCUT2D eigenvalue weighted by Gasteiger charge is -2.17. The molecule has 20 heavy (non-hydrogen) atoms. The van der Waals surface area contributed by atoms with Gasteiger partial charge in [0.2, 0.25) is 0 Å². The van der Waals surface area contributed by atoms with Crippen molar-refractivity contribution in [2.24, 2.45) is 0 Å². The first-order valence-corrected chi connectivity index (χ1v) is 7.70. The smallest absolute Gasteiger partial charge is 0.0670 e. The second-order valence-corrected chi connectivity index (χ2v) is 5.53. The number of hydrogen-bond acceptors (Lipinski definition) is 1. The van der Waals surface area contributed by atoms with Gasteiger partial charge in [0.1, 0.15) is 0 Å². The van der Waals surface area contributed by atoms with Crippen LogP contribution in [-0.4, -0.2) is 6.54 Å². The van der Waals surface area contributed by atoms with Gasteiger partial charge in [-0.3, -0.25) is 0 Å². The van der Waals surface area contributed by atoms with Crippen LogP contribution in [0.1, 0.15) is 31.9 Å². The lowest BCUT2D eigenvalue weighted by atomic mass is 9.98. The maximum Gasteiger partial charge on any atom is 0.0670 e. The minimum absolute atomic E-state index is 0.373. The largest absolute Gasteiger partial charge is 0.310 e. The molecule has 0 radical (unpaired) electrons. The lowest BCUT2D eigenvalue weighted by Crippen LogP contribution is -2.19. The van der Waals surface area contributed by atoms with Gasteiger partial charge in [-0.1, -0.05) is 67.4 Å². The summed E-state index contributed by atoms with van der Waals surface area (Å²) in [4.78, 5) is 0. The summed E-state index contributed by atoms with van der Waals surface area (Å²) in [5.74, 6) is 0. The Balaban J connectivity index is 2.41. The third-order valence-electron chi connectivity index (χ3n) is 3.41. The molecule has 2 rings (SSSR count). The van der Waals surface area contributed by atoms with Gasteiger partial charge < -0.3 is 5.32 Å². The summed E-state index contributed by atoms with van der Waals surface area (Å²) < 4.78 is 0. The highest BCUT2D eigenvalue weighted by molar-refractivity contribution is 6.43. The van der Waals surface area contributed by atoms with E-state index in [0.717, 1.165) is 24.1 Å². The third-order valence-corrected chi connectivity index (χ3v) is 4.23. The predicted octanol–water partition coefficient (Wildman–Crippen LogP) is 5.72. The molecule has 0 aliphatic carbocycles. The van der Waals surface area contributed by atoms with Crippen molar-refractivity contribution in [3.8, 4) is 11.1 Å². The van der Waals surface area contributed by atoms with Gasteiger partial charge in [-0.05, 0) is 36.2 Å². The number of hydrogen-bond donors (Lipinski definition) is 1. The van der Waals surface area contributed by atoms with Crippen molar-refractivity contribution in [1.82, 2.24) is 5.32 Å². The first-order valence-electron chi connectivity index (χ1n) is 6.95. The fourth-order valence-electron chi connectivity index (χ4n) is 2.39. The van der Waals surface area contributed by atoms with Gasteiger partial charge in [-0.2, -0.15) is 0 Å². The second kappa shape index (κ2) is 7.12. The highest BCUT2D eigenvalue weighted by Crippen LogP contribution is 2.34. The van der Waals surface area contributed by atoms with Crippen LogP contribution < -0.4 is 5.32 Å². The quantitative estimate of drug-likeness (QED) is 0.744. The minimum Gasteiger partial charge on any atom is -0.310 e. The molecule has 0 aromatic heterocycles. The summed E-state index contributed by atoms with van der Waals surface area (Å²) in [6.45, 7) is 5.27. The molecule has 0 spiro atoms. The molecular formula is C17H19Cl2N. The van der Waals surface area contributed by atoms with Gasteiger partial charge in [0, 0.05) is 11.6 Å². The Bertz CT molecular complexity index is 581. The van der Waals surface area contributed by atoms with Gasteiger partial charge in [-0.25, -0.2) is 0 Å². The predicted molar refractivity (Wildman–Crippen MR) is 88.6 cm³/mol. The van der Waals surface area contributed by atoms with Crippen LogP contribution in [0.25, 0.3) is 11.1 Å². The van der Waals surface area contributed by atoms with Crippen LogP contribution in [0.15, 0.2) is 42.5 Å². The van der Waals surface area contributed by atoms with Crippen LogP contribution in [-0.2, 0) is 0 Å². The van der Waals surface area contributed by atoms with Crippen molar-refractivity contribution < 1.29 is 0 Å². The van der Waals surface area contributed by atoms with Crippen LogP contribution in [0.5, 0.6) is 0 Å². The fraction of sp³-hybridized carbons (Fsp3) is 0.294. The van der Waals surface area contributed by atoms with E-state index in [1.807, 2.05) is 18.2 Å². The molecule has 0 bridgehead atoms. The van der Waals surface area contributed by atoms with Crippen molar-refractivity contribution in [3.05, 3.63) is 58.1 Å². The van der Waals surface area contributed by atoms with Crippen molar-refractivity contribution in [3.63, 3.8) is 0 Å². The zero-order valence-corrected chi connectivity index (χ0v) is 13.3. The van der Waals surface area contributed by atoms with Crippen LogP contribution in [0.2, 0.25) is 10.0 Å². The van der Waals surface area contributed by atoms with Gasteiger partial charge >= 0.3 is 0 Å². The molecule has 0 saturated carbocycles. The molecule has 106 valence electrons. The average molecular weight is 308 g/mol. The van der Waals surface area contributed by atoms with Crippen molar-refractivity contribution >= 4 is 23.2 Å². The van der Waals surface area contributed by atoms with Crippen molar-refractivity contribution in [2.45, 2.75) is 26.3 Å². The van der Waals surface area contributed by atoms with E-state index in [2.05, 4.69) is 43.4 Å². The Labute approximate surface area is 130 Å². The van der Waals surface area contributed by atoms with Gasteiger partial charge in [0.25, 0.3) is 0 Å². The Morgan fingerprint density at radius 1 is 1.05 bits per heavy atom. The first-order chi connectivity index (χ1) is 9.67. The summed E-state index contributed by atoms with van der Waals surface area (Å²) in [5.41, 5.74) is 3.36. The number of halogens is 2. The number of nitrogens with one attached hydrogen (secondary N) is 1. The molecule has 1 N–H and O–H groups in total. The molecule has 0 fully saturated rings. The van der Waals surface area contributed by atoms with E-state index in [1.54, 1.807) is 0 Å². The summed E-state index contributed by atoms with van der Waals surface area (Å²) in [6.07, 6.45) is 1.06. The van der Waals surface area contributed by atoms with Gasteiger partial charge in [-0.15, -0.1) is 0 Å². The molecule has 1 atom stereocenters.